The molecule has 0 aromatic rings. The summed E-state index contributed by atoms with van der Waals surface area (Å²) in [6.07, 6.45) is 5.73. The van der Waals surface area contributed by atoms with Crippen molar-refractivity contribution in [1.29, 1.82) is 0 Å². The summed E-state index contributed by atoms with van der Waals surface area (Å²) in [5, 5.41) is 3.68. The van der Waals surface area contributed by atoms with Crippen LogP contribution in [0.2, 0.25) is 0 Å². The summed E-state index contributed by atoms with van der Waals surface area (Å²) in [4.78, 5) is 0. The van der Waals surface area contributed by atoms with Gasteiger partial charge >= 0.3 is 0 Å². The van der Waals surface area contributed by atoms with Crippen LogP contribution >= 0.6 is 0 Å². The fraction of sp³-hybridized carbons (Fsp3) is 1.00. The maximum atomic E-state index is 5.66. The number of rotatable bonds is 3. The molecule has 4 unspecified atom stereocenters. The van der Waals surface area contributed by atoms with Crippen LogP contribution in [0.25, 0.3) is 0 Å². The Morgan fingerprint density at radius 1 is 1.31 bits per heavy atom. The lowest BCUT2D eigenvalue weighted by Gasteiger charge is -2.38. The Balaban J connectivity index is 1.73. The average molecular weight is 183 g/mol. The van der Waals surface area contributed by atoms with Crippen molar-refractivity contribution < 1.29 is 4.74 Å². The van der Waals surface area contributed by atoms with E-state index in [4.69, 9.17) is 4.74 Å². The van der Waals surface area contributed by atoms with Gasteiger partial charge in [0.1, 0.15) is 0 Å². The largest absolute Gasteiger partial charge is 0.377 e. The molecule has 0 aromatic carbocycles. The van der Waals surface area contributed by atoms with Gasteiger partial charge in [0.15, 0.2) is 0 Å². The van der Waals surface area contributed by atoms with Gasteiger partial charge in [-0.3, -0.25) is 0 Å². The summed E-state index contributed by atoms with van der Waals surface area (Å²) in [6.45, 7) is 5.57. The minimum absolute atomic E-state index is 0.479. The first-order valence-corrected chi connectivity index (χ1v) is 5.65. The zero-order valence-corrected chi connectivity index (χ0v) is 8.75. The Bertz CT molecular complexity index is 165. The van der Waals surface area contributed by atoms with Gasteiger partial charge < -0.3 is 10.1 Å². The van der Waals surface area contributed by atoms with Gasteiger partial charge in [-0.05, 0) is 38.5 Å². The average Bonchev–Trinajstić information content (AvgIpc) is 2.64. The highest BCUT2D eigenvalue weighted by Crippen LogP contribution is 2.28. The summed E-state index contributed by atoms with van der Waals surface area (Å²) >= 11 is 0. The van der Waals surface area contributed by atoms with Crippen molar-refractivity contribution in [1.82, 2.24) is 5.32 Å². The monoisotopic (exact) mass is 183 g/mol. The predicted molar refractivity (Wildman–Crippen MR) is 53.8 cm³/mol. The standard InChI is InChI=1S/C11H21NO/c1-8-5-6-10(8)12-9(2)11-4-3-7-13-11/h8-12H,3-7H2,1-2H3. The lowest BCUT2D eigenvalue weighted by atomic mass is 9.80. The number of nitrogens with one attached hydrogen (secondary N) is 1. The van der Waals surface area contributed by atoms with E-state index in [2.05, 4.69) is 19.2 Å². The first-order chi connectivity index (χ1) is 6.27. The Morgan fingerprint density at radius 3 is 2.62 bits per heavy atom. The molecule has 1 saturated carbocycles. The van der Waals surface area contributed by atoms with E-state index in [1.165, 1.54) is 25.7 Å². The highest BCUT2D eigenvalue weighted by molar-refractivity contribution is 4.88. The minimum Gasteiger partial charge on any atom is -0.377 e. The van der Waals surface area contributed by atoms with E-state index in [0.29, 0.717) is 12.1 Å². The summed E-state index contributed by atoms with van der Waals surface area (Å²) in [5.41, 5.74) is 0. The number of ether oxygens (including phenoxy) is 1. The summed E-state index contributed by atoms with van der Waals surface area (Å²) in [6, 6.07) is 1.31. The fourth-order valence-corrected chi connectivity index (χ4v) is 2.36. The minimum atomic E-state index is 0.479. The lowest BCUT2D eigenvalue weighted by Crippen LogP contribution is -2.50. The molecule has 0 amide bonds. The molecule has 2 fully saturated rings. The molecule has 2 aliphatic rings. The number of hydrogen-bond donors (Lipinski definition) is 1. The van der Waals surface area contributed by atoms with Gasteiger partial charge in [0.25, 0.3) is 0 Å². The van der Waals surface area contributed by atoms with Crippen LogP contribution in [0, 0.1) is 5.92 Å². The Labute approximate surface area is 81.0 Å². The zero-order valence-electron chi connectivity index (χ0n) is 8.75. The maximum absolute atomic E-state index is 5.66. The van der Waals surface area contributed by atoms with E-state index < -0.39 is 0 Å². The van der Waals surface area contributed by atoms with Gasteiger partial charge in [-0.2, -0.15) is 0 Å². The van der Waals surface area contributed by atoms with E-state index in [-0.39, 0.29) is 0 Å². The smallest absolute Gasteiger partial charge is 0.0726 e. The van der Waals surface area contributed by atoms with E-state index in [9.17, 15) is 0 Å². The molecule has 0 aromatic heterocycles. The van der Waals surface area contributed by atoms with Crippen molar-refractivity contribution in [3.8, 4) is 0 Å². The van der Waals surface area contributed by atoms with E-state index in [0.717, 1.165) is 18.6 Å². The summed E-state index contributed by atoms with van der Waals surface area (Å²) in [7, 11) is 0. The Kier molecular flexibility index (Phi) is 2.89. The lowest BCUT2D eigenvalue weighted by molar-refractivity contribution is 0.0679. The first-order valence-electron chi connectivity index (χ1n) is 5.65. The van der Waals surface area contributed by atoms with Gasteiger partial charge in [0.05, 0.1) is 6.10 Å². The predicted octanol–water partition coefficient (Wildman–Crippen LogP) is 1.94. The summed E-state index contributed by atoms with van der Waals surface area (Å²) < 4.78 is 5.66. The molecule has 0 spiro atoms. The van der Waals surface area contributed by atoms with E-state index >= 15 is 0 Å². The number of hydrogen-bond acceptors (Lipinski definition) is 2. The van der Waals surface area contributed by atoms with Gasteiger partial charge in [-0.15, -0.1) is 0 Å². The fourth-order valence-electron chi connectivity index (χ4n) is 2.36. The summed E-state index contributed by atoms with van der Waals surface area (Å²) in [5.74, 6) is 0.879. The van der Waals surface area contributed by atoms with Gasteiger partial charge in [-0.1, -0.05) is 6.92 Å². The SMILES string of the molecule is CC1CCC1NC(C)C1CCCO1. The van der Waals surface area contributed by atoms with E-state index in [1.54, 1.807) is 0 Å². The molecule has 0 bridgehead atoms. The van der Waals surface area contributed by atoms with E-state index in [1.807, 2.05) is 0 Å². The molecule has 2 heteroatoms. The van der Waals surface area contributed by atoms with Gasteiger partial charge in [0, 0.05) is 18.7 Å². The molecule has 1 heterocycles. The molecule has 1 aliphatic heterocycles. The van der Waals surface area contributed by atoms with Crippen molar-refractivity contribution in [3.05, 3.63) is 0 Å². The first kappa shape index (κ1) is 9.47. The molecule has 4 atom stereocenters. The van der Waals surface area contributed by atoms with Crippen LogP contribution in [0.3, 0.4) is 0 Å². The van der Waals surface area contributed by atoms with Gasteiger partial charge in [-0.25, -0.2) is 0 Å². The van der Waals surface area contributed by atoms with Crippen LogP contribution in [-0.2, 0) is 4.74 Å². The normalized spacial score (nSPS) is 41.5. The zero-order chi connectivity index (χ0) is 9.26. The van der Waals surface area contributed by atoms with Crippen LogP contribution in [0.15, 0.2) is 0 Å². The second kappa shape index (κ2) is 3.97. The highest BCUT2D eigenvalue weighted by atomic mass is 16.5. The van der Waals surface area contributed by atoms with Crippen molar-refractivity contribution in [2.45, 2.75) is 57.7 Å². The van der Waals surface area contributed by atoms with Gasteiger partial charge in [0.2, 0.25) is 0 Å². The van der Waals surface area contributed by atoms with Crippen LogP contribution in [0.5, 0.6) is 0 Å². The third-order valence-corrected chi connectivity index (χ3v) is 3.62. The van der Waals surface area contributed by atoms with Crippen LogP contribution in [0.1, 0.15) is 39.5 Å². The topological polar surface area (TPSA) is 21.3 Å². The molecular formula is C11H21NO. The molecule has 1 saturated heterocycles. The second-order valence-corrected chi connectivity index (χ2v) is 4.67. The third-order valence-electron chi connectivity index (χ3n) is 3.62. The molecule has 2 nitrogen and oxygen atoms in total. The second-order valence-electron chi connectivity index (χ2n) is 4.67. The maximum Gasteiger partial charge on any atom is 0.0726 e. The van der Waals surface area contributed by atoms with Crippen LogP contribution in [0.4, 0.5) is 0 Å². The van der Waals surface area contributed by atoms with Crippen LogP contribution < -0.4 is 5.32 Å². The van der Waals surface area contributed by atoms with Crippen molar-refractivity contribution in [2.75, 3.05) is 6.61 Å². The Morgan fingerprint density at radius 2 is 2.15 bits per heavy atom. The molecule has 1 aliphatic carbocycles. The quantitative estimate of drug-likeness (QED) is 0.722. The van der Waals surface area contributed by atoms with Crippen LogP contribution in [-0.4, -0.2) is 24.8 Å². The molecule has 1 N–H and O–H groups in total. The van der Waals surface area contributed by atoms with Crippen molar-refractivity contribution in [2.24, 2.45) is 5.92 Å². The molecule has 76 valence electrons. The molecule has 2 rings (SSSR count). The van der Waals surface area contributed by atoms with Crippen molar-refractivity contribution >= 4 is 0 Å². The van der Waals surface area contributed by atoms with Crippen molar-refractivity contribution in [3.63, 3.8) is 0 Å². The molecular weight excluding hydrogens is 162 g/mol. The molecule has 0 radical (unpaired) electrons. The molecule has 13 heavy (non-hydrogen) atoms. The highest BCUT2D eigenvalue weighted by Gasteiger charge is 2.30. The third kappa shape index (κ3) is 2.05. The Hall–Kier alpha value is -0.0800.